The molecular formula is C16H24N2O3. The number of hydrogen-bond acceptors (Lipinski definition) is 4. The van der Waals surface area contributed by atoms with Gasteiger partial charge in [0.2, 0.25) is 0 Å². The van der Waals surface area contributed by atoms with Crippen molar-refractivity contribution in [3.05, 3.63) is 28.3 Å². The Labute approximate surface area is 125 Å². The summed E-state index contributed by atoms with van der Waals surface area (Å²) < 4.78 is 5.03. The van der Waals surface area contributed by atoms with E-state index in [4.69, 9.17) is 4.74 Å². The number of nitrogens with zero attached hydrogens (tertiary/aromatic N) is 1. The molecule has 1 aliphatic carbocycles. The zero-order valence-electron chi connectivity index (χ0n) is 13.2. The summed E-state index contributed by atoms with van der Waals surface area (Å²) in [5.74, 6) is 0.846. The molecule has 1 aromatic carbocycles. The number of methoxy groups -OCH3 is 1. The van der Waals surface area contributed by atoms with Crippen molar-refractivity contribution in [3.63, 3.8) is 0 Å². The number of rotatable bonds is 4. The summed E-state index contributed by atoms with van der Waals surface area (Å²) in [6.45, 7) is 6.85. The Bertz CT molecular complexity index is 528. The maximum atomic E-state index is 11.1. The molecule has 5 heteroatoms. The molecular weight excluding hydrogens is 268 g/mol. The van der Waals surface area contributed by atoms with Gasteiger partial charge in [0, 0.05) is 17.8 Å². The second kappa shape index (κ2) is 5.92. The maximum absolute atomic E-state index is 11.1. The molecule has 2 rings (SSSR count). The molecule has 1 saturated carbocycles. The molecule has 0 radical (unpaired) electrons. The lowest BCUT2D eigenvalue weighted by atomic mass is 9.70. The van der Waals surface area contributed by atoms with E-state index in [1.807, 2.05) is 6.07 Å². The van der Waals surface area contributed by atoms with Crippen molar-refractivity contribution in [2.75, 3.05) is 12.4 Å². The first-order chi connectivity index (χ1) is 9.82. The third-order valence-corrected chi connectivity index (χ3v) is 4.42. The maximum Gasteiger partial charge on any atom is 0.312 e. The molecule has 5 nitrogen and oxygen atoms in total. The number of anilines is 1. The van der Waals surface area contributed by atoms with E-state index in [2.05, 4.69) is 26.1 Å². The normalized spacial score (nSPS) is 24.4. The van der Waals surface area contributed by atoms with Crippen molar-refractivity contribution in [1.29, 1.82) is 0 Å². The molecule has 2 unspecified atom stereocenters. The fourth-order valence-corrected chi connectivity index (χ4v) is 3.30. The molecule has 2 atom stereocenters. The zero-order valence-corrected chi connectivity index (χ0v) is 13.2. The molecule has 0 aliphatic heterocycles. The molecule has 0 spiro atoms. The summed E-state index contributed by atoms with van der Waals surface area (Å²) in [4.78, 5) is 10.7. The molecule has 1 fully saturated rings. The Kier molecular flexibility index (Phi) is 4.40. The molecule has 0 aromatic heterocycles. The van der Waals surface area contributed by atoms with Crippen molar-refractivity contribution in [3.8, 4) is 5.75 Å². The SMILES string of the molecule is COc1ccc(NC2CCC(C)(C)CC2C)cc1[N+](=O)[O-]. The Hall–Kier alpha value is -1.78. The van der Waals surface area contributed by atoms with Crippen LogP contribution in [0.15, 0.2) is 18.2 Å². The van der Waals surface area contributed by atoms with E-state index in [0.29, 0.717) is 23.1 Å². The van der Waals surface area contributed by atoms with E-state index < -0.39 is 4.92 Å². The monoisotopic (exact) mass is 292 g/mol. The lowest BCUT2D eigenvalue weighted by Gasteiger charge is -2.40. The van der Waals surface area contributed by atoms with Crippen LogP contribution in [0.2, 0.25) is 0 Å². The minimum absolute atomic E-state index is 0.00583. The van der Waals surface area contributed by atoms with Crippen LogP contribution < -0.4 is 10.1 Å². The summed E-state index contributed by atoms with van der Waals surface area (Å²) in [7, 11) is 1.45. The highest BCUT2D eigenvalue weighted by Gasteiger charge is 2.32. The van der Waals surface area contributed by atoms with Gasteiger partial charge in [0.15, 0.2) is 5.75 Å². The number of nitro groups is 1. The fraction of sp³-hybridized carbons (Fsp3) is 0.625. The predicted octanol–water partition coefficient (Wildman–Crippen LogP) is 4.23. The molecule has 0 bridgehead atoms. The molecule has 0 amide bonds. The minimum Gasteiger partial charge on any atom is -0.490 e. The van der Waals surface area contributed by atoms with Crippen LogP contribution in [0.4, 0.5) is 11.4 Å². The Morgan fingerprint density at radius 1 is 1.43 bits per heavy atom. The number of nitrogens with one attached hydrogen (secondary N) is 1. The average molecular weight is 292 g/mol. The van der Waals surface area contributed by atoms with E-state index in [9.17, 15) is 10.1 Å². The van der Waals surface area contributed by atoms with E-state index >= 15 is 0 Å². The highest BCUT2D eigenvalue weighted by molar-refractivity contribution is 5.58. The van der Waals surface area contributed by atoms with Crippen LogP contribution in [0.25, 0.3) is 0 Å². The third-order valence-electron chi connectivity index (χ3n) is 4.42. The summed E-state index contributed by atoms with van der Waals surface area (Å²) >= 11 is 0. The molecule has 0 saturated heterocycles. The van der Waals surface area contributed by atoms with Crippen molar-refractivity contribution in [2.45, 2.75) is 46.1 Å². The predicted molar refractivity (Wildman–Crippen MR) is 83.9 cm³/mol. The number of benzene rings is 1. The van der Waals surface area contributed by atoms with Crippen LogP contribution >= 0.6 is 0 Å². The Morgan fingerprint density at radius 2 is 2.14 bits per heavy atom. The van der Waals surface area contributed by atoms with Gasteiger partial charge in [0.1, 0.15) is 0 Å². The summed E-state index contributed by atoms with van der Waals surface area (Å²) in [5, 5.41) is 14.5. The van der Waals surface area contributed by atoms with Crippen molar-refractivity contribution < 1.29 is 9.66 Å². The van der Waals surface area contributed by atoms with Crippen LogP contribution in [0.1, 0.15) is 40.0 Å². The quantitative estimate of drug-likeness (QED) is 0.666. The largest absolute Gasteiger partial charge is 0.490 e. The number of hydrogen-bond donors (Lipinski definition) is 1. The molecule has 1 N–H and O–H groups in total. The fourth-order valence-electron chi connectivity index (χ4n) is 3.30. The molecule has 1 aromatic rings. The highest BCUT2D eigenvalue weighted by Crippen LogP contribution is 2.40. The second-order valence-corrected chi connectivity index (χ2v) is 6.78. The van der Waals surface area contributed by atoms with Gasteiger partial charge in [0.25, 0.3) is 0 Å². The lowest BCUT2D eigenvalue weighted by molar-refractivity contribution is -0.385. The first-order valence-electron chi connectivity index (χ1n) is 7.41. The van der Waals surface area contributed by atoms with Gasteiger partial charge in [-0.25, -0.2) is 0 Å². The second-order valence-electron chi connectivity index (χ2n) is 6.78. The van der Waals surface area contributed by atoms with E-state index in [1.54, 1.807) is 12.1 Å². The third kappa shape index (κ3) is 3.65. The topological polar surface area (TPSA) is 64.4 Å². The minimum atomic E-state index is -0.405. The standard InChI is InChI=1S/C16H24N2O3/c1-11-10-16(2,3)8-7-13(11)17-12-5-6-15(21-4)14(9-12)18(19)20/h5-6,9,11,13,17H,7-8,10H2,1-4H3. The first kappa shape index (κ1) is 15.6. The van der Waals surface area contributed by atoms with Crippen LogP contribution in [0.3, 0.4) is 0 Å². The van der Waals surface area contributed by atoms with Crippen molar-refractivity contribution in [2.24, 2.45) is 11.3 Å². The van der Waals surface area contributed by atoms with E-state index in [1.165, 1.54) is 20.0 Å². The van der Waals surface area contributed by atoms with Crippen LogP contribution in [-0.2, 0) is 0 Å². The Balaban J connectivity index is 2.13. The Morgan fingerprint density at radius 3 is 2.71 bits per heavy atom. The smallest absolute Gasteiger partial charge is 0.312 e. The van der Waals surface area contributed by atoms with Gasteiger partial charge >= 0.3 is 5.69 Å². The highest BCUT2D eigenvalue weighted by atomic mass is 16.6. The van der Waals surface area contributed by atoms with Gasteiger partial charge in [-0.3, -0.25) is 10.1 Å². The van der Waals surface area contributed by atoms with Crippen molar-refractivity contribution in [1.82, 2.24) is 0 Å². The molecule has 0 heterocycles. The van der Waals surface area contributed by atoms with Gasteiger partial charge in [0.05, 0.1) is 12.0 Å². The number of ether oxygens (including phenoxy) is 1. The molecule has 1 aliphatic rings. The molecule has 21 heavy (non-hydrogen) atoms. The van der Waals surface area contributed by atoms with Gasteiger partial charge in [-0.1, -0.05) is 20.8 Å². The van der Waals surface area contributed by atoms with Gasteiger partial charge < -0.3 is 10.1 Å². The summed E-state index contributed by atoms with van der Waals surface area (Å²) in [5.41, 5.74) is 1.19. The van der Waals surface area contributed by atoms with Crippen LogP contribution in [0.5, 0.6) is 5.75 Å². The zero-order chi connectivity index (χ0) is 15.6. The lowest BCUT2D eigenvalue weighted by Crippen LogP contribution is -2.36. The van der Waals surface area contributed by atoms with Crippen molar-refractivity contribution >= 4 is 11.4 Å². The van der Waals surface area contributed by atoms with Gasteiger partial charge in [-0.2, -0.15) is 0 Å². The van der Waals surface area contributed by atoms with Gasteiger partial charge in [-0.15, -0.1) is 0 Å². The van der Waals surface area contributed by atoms with Gasteiger partial charge in [-0.05, 0) is 42.7 Å². The first-order valence-corrected chi connectivity index (χ1v) is 7.41. The molecule has 116 valence electrons. The average Bonchev–Trinajstić information content (AvgIpc) is 2.41. The van der Waals surface area contributed by atoms with Crippen LogP contribution in [0, 0.1) is 21.4 Å². The van der Waals surface area contributed by atoms with E-state index in [0.717, 1.165) is 12.1 Å². The summed E-state index contributed by atoms with van der Waals surface area (Å²) in [6, 6.07) is 5.42. The van der Waals surface area contributed by atoms with E-state index in [-0.39, 0.29) is 5.69 Å². The number of nitro benzene ring substituents is 1. The van der Waals surface area contributed by atoms with Crippen LogP contribution in [-0.4, -0.2) is 18.1 Å². The summed E-state index contributed by atoms with van der Waals surface area (Å²) in [6.07, 6.45) is 3.43.